The zero-order chi connectivity index (χ0) is 24.2. The minimum absolute atomic E-state index is 0.236. The van der Waals surface area contributed by atoms with Crippen molar-refractivity contribution in [2.75, 3.05) is 0 Å². The molecule has 0 unspecified atom stereocenters. The lowest BCUT2D eigenvalue weighted by molar-refractivity contribution is 0.0696. The molecule has 0 saturated heterocycles. The summed E-state index contributed by atoms with van der Waals surface area (Å²) in [7, 11) is 0. The highest BCUT2D eigenvalue weighted by atomic mass is 35.5. The third-order valence-electron chi connectivity index (χ3n) is 5.90. The molecular weight excluding hydrogens is 460 g/mol. The third-order valence-corrected chi connectivity index (χ3v) is 6.13. The quantitative estimate of drug-likeness (QED) is 0.270. The molecule has 0 aliphatic carbocycles. The Kier molecular flexibility index (Phi) is 6.51. The first-order valence-corrected chi connectivity index (χ1v) is 11.6. The monoisotopic (exact) mass is 482 g/mol. The smallest absolute Gasteiger partial charge is 0.336 e. The zero-order valence-corrected chi connectivity index (χ0v) is 19.7. The van der Waals surface area contributed by atoms with Gasteiger partial charge in [0.05, 0.1) is 11.3 Å². The van der Waals surface area contributed by atoms with Gasteiger partial charge in [-0.15, -0.1) is 0 Å². The summed E-state index contributed by atoms with van der Waals surface area (Å²) < 4.78 is 8.12. The van der Waals surface area contributed by atoms with Crippen LogP contribution in [-0.2, 0) is 19.6 Å². The minimum Gasteiger partial charge on any atom is -0.487 e. The van der Waals surface area contributed by atoms with Crippen LogP contribution in [0.4, 0.5) is 0 Å². The van der Waals surface area contributed by atoms with Gasteiger partial charge in [-0.05, 0) is 83.1 Å². The number of aromatic carboxylic acids is 1. The van der Waals surface area contributed by atoms with Crippen molar-refractivity contribution in [2.45, 2.75) is 19.6 Å². The maximum Gasteiger partial charge on any atom is 0.336 e. The number of fused-ring (bicyclic) bond motifs is 1. The van der Waals surface area contributed by atoms with E-state index in [-0.39, 0.29) is 5.56 Å². The molecule has 174 valence electrons. The van der Waals surface area contributed by atoms with Gasteiger partial charge < -0.3 is 14.4 Å². The Morgan fingerprint density at radius 1 is 0.943 bits per heavy atom. The molecule has 5 nitrogen and oxygen atoms in total. The molecule has 0 atom stereocenters. The molecule has 2 aromatic heterocycles. The largest absolute Gasteiger partial charge is 0.487 e. The number of ether oxygens (including phenoxy) is 1. The van der Waals surface area contributed by atoms with Crippen LogP contribution in [-0.4, -0.2) is 20.6 Å². The Morgan fingerprint density at radius 3 is 2.69 bits per heavy atom. The predicted molar refractivity (Wildman–Crippen MR) is 137 cm³/mol. The van der Waals surface area contributed by atoms with Crippen molar-refractivity contribution in [1.82, 2.24) is 9.55 Å². The molecule has 1 N–H and O–H groups in total. The summed E-state index contributed by atoms with van der Waals surface area (Å²) >= 11 is 5.99. The molecule has 6 heteroatoms. The van der Waals surface area contributed by atoms with Crippen LogP contribution in [0.25, 0.3) is 10.9 Å². The second-order valence-corrected chi connectivity index (χ2v) is 8.81. The number of hydrogen-bond acceptors (Lipinski definition) is 3. The second-order valence-electron chi connectivity index (χ2n) is 8.38. The summed E-state index contributed by atoms with van der Waals surface area (Å²) in [5.74, 6) is -0.162. The van der Waals surface area contributed by atoms with E-state index in [1.807, 2.05) is 36.4 Å². The van der Waals surface area contributed by atoms with E-state index in [1.54, 1.807) is 18.3 Å². The number of hydrogen-bond donors (Lipinski definition) is 1. The van der Waals surface area contributed by atoms with Crippen molar-refractivity contribution in [1.29, 1.82) is 0 Å². The van der Waals surface area contributed by atoms with E-state index in [0.717, 1.165) is 39.0 Å². The van der Waals surface area contributed by atoms with E-state index >= 15 is 0 Å². The van der Waals surface area contributed by atoms with E-state index in [0.29, 0.717) is 24.6 Å². The number of nitrogens with zero attached hydrogens (tertiary/aromatic N) is 2. The lowest BCUT2D eigenvalue weighted by Gasteiger charge is -2.10. The zero-order valence-electron chi connectivity index (χ0n) is 18.9. The highest BCUT2D eigenvalue weighted by molar-refractivity contribution is 6.31. The molecule has 0 aliphatic rings. The summed E-state index contributed by atoms with van der Waals surface area (Å²) in [5.41, 5.74) is 5.16. The van der Waals surface area contributed by atoms with Gasteiger partial charge in [-0.2, -0.15) is 0 Å². The third kappa shape index (κ3) is 5.36. The van der Waals surface area contributed by atoms with Gasteiger partial charge in [-0.1, -0.05) is 41.9 Å². The Balaban J connectivity index is 1.32. The Labute approximate surface area is 208 Å². The molecule has 0 saturated carbocycles. The van der Waals surface area contributed by atoms with Gasteiger partial charge >= 0.3 is 5.97 Å². The first-order valence-electron chi connectivity index (χ1n) is 11.3. The Hall–Kier alpha value is -4.09. The van der Waals surface area contributed by atoms with Gasteiger partial charge in [-0.3, -0.25) is 4.98 Å². The molecule has 5 rings (SSSR count). The lowest BCUT2D eigenvalue weighted by Crippen LogP contribution is -2.03. The van der Waals surface area contributed by atoms with Gasteiger partial charge in [0.25, 0.3) is 0 Å². The highest BCUT2D eigenvalue weighted by Gasteiger charge is 2.12. The lowest BCUT2D eigenvalue weighted by atomic mass is 9.99. The normalized spacial score (nSPS) is 11.0. The molecule has 0 amide bonds. The molecule has 2 heterocycles. The average molecular weight is 483 g/mol. The van der Waals surface area contributed by atoms with Crippen molar-refractivity contribution >= 4 is 28.5 Å². The van der Waals surface area contributed by atoms with Gasteiger partial charge in [0, 0.05) is 29.5 Å². The van der Waals surface area contributed by atoms with Gasteiger partial charge in [0.1, 0.15) is 12.4 Å². The van der Waals surface area contributed by atoms with Crippen LogP contribution in [0.3, 0.4) is 0 Å². The fourth-order valence-electron chi connectivity index (χ4n) is 4.19. The molecule has 0 aliphatic heterocycles. The first kappa shape index (κ1) is 22.7. The van der Waals surface area contributed by atoms with Crippen molar-refractivity contribution in [3.8, 4) is 5.75 Å². The maximum atomic E-state index is 11.6. The van der Waals surface area contributed by atoms with Crippen LogP contribution >= 0.6 is 11.6 Å². The minimum atomic E-state index is -0.971. The van der Waals surface area contributed by atoms with Crippen LogP contribution < -0.4 is 4.74 Å². The summed E-state index contributed by atoms with van der Waals surface area (Å²) in [6.07, 6.45) is 4.36. The van der Waals surface area contributed by atoms with Crippen LogP contribution in [0.1, 0.15) is 32.7 Å². The van der Waals surface area contributed by atoms with E-state index in [4.69, 9.17) is 16.3 Å². The summed E-state index contributed by atoms with van der Waals surface area (Å²) in [6.45, 7) is 1.14. The summed E-state index contributed by atoms with van der Waals surface area (Å²) in [4.78, 5) is 15.9. The van der Waals surface area contributed by atoms with Gasteiger partial charge in [0.15, 0.2) is 0 Å². The van der Waals surface area contributed by atoms with Crippen LogP contribution in [0, 0.1) is 0 Å². The van der Waals surface area contributed by atoms with Crippen LogP contribution in [0.2, 0.25) is 5.02 Å². The van der Waals surface area contributed by atoms with E-state index in [9.17, 15) is 9.90 Å². The number of carbonyl (C=O) groups is 1. The SMILES string of the molecule is O=C(O)c1cc(Cl)ccc1Cc1ccc2c(ccn2Cc2cccc(OCc3ccccn3)c2)c1. The standard InChI is InChI=1S/C29H23ClN2O3/c30-24-9-8-22(27(17-24)29(33)34)14-20-7-10-28-23(15-20)11-13-32(28)18-21-4-3-6-26(16-21)35-19-25-5-1-2-12-31-25/h1-13,15-17H,14,18-19H2,(H,33,34). The Morgan fingerprint density at radius 2 is 1.86 bits per heavy atom. The molecular formula is C29H23ClN2O3. The van der Waals surface area contributed by atoms with E-state index in [1.165, 1.54) is 6.07 Å². The van der Waals surface area contributed by atoms with E-state index < -0.39 is 5.97 Å². The molecule has 0 radical (unpaired) electrons. The van der Waals surface area contributed by atoms with Crippen LogP contribution in [0.15, 0.2) is 97.3 Å². The number of halogens is 1. The van der Waals surface area contributed by atoms with Gasteiger partial charge in [0.2, 0.25) is 0 Å². The number of benzene rings is 3. The predicted octanol–water partition coefficient (Wildman–Crippen LogP) is 6.61. The Bertz CT molecular complexity index is 1490. The number of aromatic nitrogens is 2. The molecule has 35 heavy (non-hydrogen) atoms. The number of carboxylic acids is 1. The molecule has 0 fully saturated rings. The van der Waals surface area contributed by atoms with Crippen molar-refractivity contribution in [3.63, 3.8) is 0 Å². The fourth-order valence-corrected chi connectivity index (χ4v) is 4.36. The number of pyridine rings is 1. The number of rotatable bonds is 8. The number of carboxylic acid groups (broad SMARTS) is 1. The molecule has 3 aromatic carbocycles. The molecule has 0 bridgehead atoms. The highest BCUT2D eigenvalue weighted by Crippen LogP contribution is 2.24. The molecule has 0 spiro atoms. The van der Waals surface area contributed by atoms with Crippen molar-refractivity contribution in [3.05, 3.63) is 130 Å². The first-order chi connectivity index (χ1) is 17.0. The molecule has 5 aromatic rings. The average Bonchev–Trinajstić information content (AvgIpc) is 3.26. The maximum absolute atomic E-state index is 11.6. The van der Waals surface area contributed by atoms with Crippen molar-refractivity contribution in [2.24, 2.45) is 0 Å². The fraction of sp³-hybridized carbons (Fsp3) is 0.103. The van der Waals surface area contributed by atoms with Crippen LogP contribution in [0.5, 0.6) is 5.75 Å². The summed E-state index contributed by atoms with van der Waals surface area (Å²) in [5, 5.41) is 11.0. The summed E-state index contributed by atoms with van der Waals surface area (Å²) in [6, 6.07) is 27.2. The van der Waals surface area contributed by atoms with Crippen molar-refractivity contribution < 1.29 is 14.6 Å². The topological polar surface area (TPSA) is 64.3 Å². The van der Waals surface area contributed by atoms with Gasteiger partial charge in [-0.25, -0.2) is 4.79 Å². The second kappa shape index (κ2) is 10.0. The van der Waals surface area contributed by atoms with E-state index in [2.05, 4.69) is 46.1 Å².